The van der Waals surface area contributed by atoms with Crippen molar-refractivity contribution in [1.29, 1.82) is 0 Å². The molecular weight excluding hydrogens is 160 g/mol. The minimum absolute atomic E-state index is 0.111. The van der Waals surface area contributed by atoms with Crippen molar-refractivity contribution in [2.75, 3.05) is 12.4 Å². The summed E-state index contributed by atoms with van der Waals surface area (Å²) in [6.07, 6.45) is 1.39. The van der Waals surface area contributed by atoms with E-state index in [2.05, 4.69) is 11.9 Å². The fourth-order valence-corrected chi connectivity index (χ4v) is 0.949. The monoisotopic (exact) mass is 169 g/mol. The zero-order valence-corrected chi connectivity index (χ0v) is 6.70. The Bertz CT molecular complexity index is 284. The Kier molecular flexibility index (Phi) is 2.43. The van der Waals surface area contributed by atoms with Crippen LogP contribution in [0.1, 0.15) is 5.56 Å². The lowest BCUT2D eigenvalue weighted by Gasteiger charge is -2.04. The highest BCUT2D eigenvalue weighted by molar-refractivity contribution is 5.55. The highest BCUT2D eigenvalue weighted by atomic mass is 19.1. The summed E-state index contributed by atoms with van der Waals surface area (Å²) in [6.45, 7) is 3.41. The van der Waals surface area contributed by atoms with Crippen molar-refractivity contribution < 1.29 is 8.78 Å². The van der Waals surface area contributed by atoms with Gasteiger partial charge in [0.15, 0.2) is 0 Å². The van der Waals surface area contributed by atoms with Crippen molar-refractivity contribution in [2.24, 2.45) is 0 Å². The molecule has 1 N–H and O–H groups in total. The Balaban J connectivity index is 3.27. The molecule has 0 unspecified atom stereocenters. The second kappa shape index (κ2) is 3.34. The SMILES string of the molecule is C=Cc1cc(F)c(NC)c(F)c1. The Labute approximate surface area is 69.7 Å². The van der Waals surface area contributed by atoms with Gasteiger partial charge in [-0.05, 0) is 17.7 Å². The molecule has 1 rings (SSSR count). The van der Waals surface area contributed by atoms with Gasteiger partial charge >= 0.3 is 0 Å². The maximum atomic E-state index is 12.9. The van der Waals surface area contributed by atoms with Crippen LogP contribution in [0.2, 0.25) is 0 Å². The van der Waals surface area contributed by atoms with Crippen molar-refractivity contribution in [3.8, 4) is 0 Å². The van der Waals surface area contributed by atoms with Gasteiger partial charge in [-0.3, -0.25) is 0 Å². The van der Waals surface area contributed by atoms with E-state index < -0.39 is 11.6 Å². The fourth-order valence-electron chi connectivity index (χ4n) is 0.949. The molecule has 0 spiro atoms. The molecule has 1 aromatic carbocycles. The third-order valence-corrected chi connectivity index (χ3v) is 1.55. The summed E-state index contributed by atoms with van der Waals surface area (Å²) in [6, 6.07) is 2.45. The first-order valence-electron chi connectivity index (χ1n) is 3.48. The first-order valence-corrected chi connectivity index (χ1v) is 3.48. The summed E-state index contributed by atoms with van der Waals surface area (Å²) >= 11 is 0. The third-order valence-electron chi connectivity index (χ3n) is 1.55. The summed E-state index contributed by atoms with van der Waals surface area (Å²) in [5.41, 5.74) is 0.324. The number of rotatable bonds is 2. The predicted molar refractivity (Wildman–Crippen MR) is 46.0 cm³/mol. The molecule has 0 aliphatic rings. The standard InChI is InChI=1S/C9H9F2N/c1-3-6-4-7(10)9(12-2)8(11)5-6/h3-5,12H,1H2,2H3. The fraction of sp³-hybridized carbons (Fsp3) is 0.111. The van der Waals surface area contributed by atoms with Gasteiger partial charge in [0.25, 0.3) is 0 Å². The Hall–Kier alpha value is -1.38. The molecule has 0 amide bonds. The molecule has 64 valence electrons. The van der Waals surface area contributed by atoms with Gasteiger partial charge in [0, 0.05) is 7.05 Å². The lowest BCUT2D eigenvalue weighted by atomic mass is 10.2. The molecule has 3 heteroatoms. The number of hydrogen-bond acceptors (Lipinski definition) is 1. The van der Waals surface area contributed by atoms with Crippen LogP contribution in [-0.4, -0.2) is 7.05 Å². The van der Waals surface area contributed by atoms with E-state index in [0.717, 1.165) is 0 Å². The minimum atomic E-state index is -0.604. The average molecular weight is 169 g/mol. The van der Waals surface area contributed by atoms with Crippen molar-refractivity contribution in [3.05, 3.63) is 35.9 Å². The lowest BCUT2D eigenvalue weighted by molar-refractivity contribution is 0.589. The van der Waals surface area contributed by atoms with E-state index in [1.165, 1.54) is 25.3 Å². The zero-order valence-electron chi connectivity index (χ0n) is 6.70. The maximum Gasteiger partial charge on any atom is 0.149 e. The van der Waals surface area contributed by atoms with E-state index in [-0.39, 0.29) is 5.69 Å². The van der Waals surface area contributed by atoms with E-state index in [9.17, 15) is 8.78 Å². The number of benzene rings is 1. The van der Waals surface area contributed by atoms with Gasteiger partial charge in [-0.1, -0.05) is 12.7 Å². The summed E-state index contributed by atoms with van der Waals surface area (Å²) in [7, 11) is 1.47. The molecule has 0 fully saturated rings. The smallest absolute Gasteiger partial charge is 0.149 e. The quantitative estimate of drug-likeness (QED) is 0.717. The number of halogens is 2. The lowest BCUT2D eigenvalue weighted by Crippen LogP contribution is -1.97. The molecule has 0 radical (unpaired) electrons. The van der Waals surface area contributed by atoms with Crippen LogP contribution >= 0.6 is 0 Å². The van der Waals surface area contributed by atoms with Crippen LogP contribution in [-0.2, 0) is 0 Å². The Morgan fingerprint density at radius 1 is 1.33 bits per heavy atom. The molecule has 0 aliphatic heterocycles. The van der Waals surface area contributed by atoms with Crippen LogP contribution in [0.3, 0.4) is 0 Å². The summed E-state index contributed by atoms with van der Waals surface area (Å²) in [5.74, 6) is -1.21. The van der Waals surface area contributed by atoms with Crippen molar-refractivity contribution in [1.82, 2.24) is 0 Å². The summed E-state index contributed by atoms with van der Waals surface area (Å²) < 4.78 is 25.9. The van der Waals surface area contributed by atoms with E-state index in [1.54, 1.807) is 0 Å². The predicted octanol–water partition coefficient (Wildman–Crippen LogP) is 2.65. The van der Waals surface area contributed by atoms with E-state index >= 15 is 0 Å². The average Bonchev–Trinajstić information content (AvgIpc) is 2.03. The molecular formula is C9H9F2N. The van der Waals surface area contributed by atoms with Gasteiger partial charge in [0.2, 0.25) is 0 Å². The first-order chi connectivity index (χ1) is 5.69. The highest BCUT2D eigenvalue weighted by Crippen LogP contribution is 2.20. The Morgan fingerprint density at radius 2 is 1.83 bits per heavy atom. The molecule has 0 atom stereocenters. The molecule has 1 nitrogen and oxygen atoms in total. The van der Waals surface area contributed by atoms with Crippen molar-refractivity contribution >= 4 is 11.8 Å². The second-order valence-electron chi connectivity index (χ2n) is 2.31. The molecule has 12 heavy (non-hydrogen) atoms. The van der Waals surface area contributed by atoms with Crippen molar-refractivity contribution in [3.63, 3.8) is 0 Å². The van der Waals surface area contributed by atoms with Crippen LogP contribution in [0, 0.1) is 11.6 Å². The van der Waals surface area contributed by atoms with Crippen LogP contribution < -0.4 is 5.32 Å². The topological polar surface area (TPSA) is 12.0 Å². The first kappa shape index (κ1) is 8.71. The minimum Gasteiger partial charge on any atom is -0.383 e. The highest BCUT2D eigenvalue weighted by Gasteiger charge is 2.07. The van der Waals surface area contributed by atoms with Gasteiger partial charge in [-0.2, -0.15) is 0 Å². The van der Waals surface area contributed by atoms with Crippen molar-refractivity contribution in [2.45, 2.75) is 0 Å². The molecule has 0 bridgehead atoms. The van der Waals surface area contributed by atoms with Crippen LogP contribution in [0.4, 0.5) is 14.5 Å². The van der Waals surface area contributed by atoms with E-state index in [4.69, 9.17) is 0 Å². The molecule has 0 aliphatic carbocycles. The third kappa shape index (κ3) is 1.44. The Morgan fingerprint density at radius 3 is 2.17 bits per heavy atom. The molecule has 0 saturated heterocycles. The van der Waals surface area contributed by atoms with Gasteiger partial charge in [-0.15, -0.1) is 0 Å². The summed E-state index contributed by atoms with van der Waals surface area (Å²) in [5, 5.41) is 2.43. The largest absolute Gasteiger partial charge is 0.383 e. The number of anilines is 1. The van der Waals surface area contributed by atoms with Crippen LogP contribution in [0.5, 0.6) is 0 Å². The molecule has 1 aromatic rings. The zero-order chi connectivity index (χ0) is 9.14. The van der Waals surface area contributed by atoms with Gasteiger partial charge in [0.1, 0.15) is 17.3 Å². The normalized spacial score (nSPS) is 9.58. The molecule has 0 saturated carbocycles. The van der Waals surface area contributed by atoms with E-state index in [0.29, 0.717) is 5.56 Å². The van der Waals surface area contributed by atoms with Gasteiger partial charge in [-0.25, -0.2) is 8.78 Å². The molecule has 0 aromatic heterocycles. The van der Waals surface area contributed by atoms with Crippen LogP contribution in [0.25, 0.3) is 6.08 Å². The summed E-state index contributed by atoms with van der Waals surface area (Å²) in [4.78, 5) is 0. The van der Waals surface area contributed by atoms with E-state index in [1.807, 2.05) is 0 Å². The number of hydrogen-bond donors (Lipinski definition) is 1. The van der Waals surface area contributed by atoms with Gasteiger partial charge < -0.3 is 5.32 Å². The maximum absolute atomic E-state index is 12.9. The number of nitrogens with one attached hydrogen (secondary N) is 1. The molecule has 0 heterocycles. The van der Waals surface area contributed by atoms with Gasteiger partial charge in [0.05, 0.1) is 0 Å². The second-order valence-corrected chi connectivity index (χ2v) is 2.31. The van der Waals surface area contributed by atoms with Crippen LogP contribution in [0.15, 0.2) is 18.7 Å².